The number of benzene rings is 1. The third kappa shape index (κ3) is 2.15. The van der Waals surface area contributed by atoms with E-state index in [1.165, 1.54) is 5.56 Å². The van der Waals surface area contributed by atoms with Crippen LogP contribution in [0.15, 0.2) is 42.5 Å². The molecule has 0 saturated carbocycles. The molecule has 0 spiro atoms. The van der Waals surface area contributed by atoms with Gasteiger partial charge in [0.05, 0.1) is 11.2 Å². The summed E-state index contributed by atoms with van der Waals surface area (Å²) in [4.78, 5) is 9.05. The van der Waals surface area contributed by atoms with Gasteiger partial charge in [0.15, 0.2) is 0 Å². The molecule has 2 N–H and O–H groups in total. The smallest absolute Gasteiger partial charge is 0.124 e. The fourth-order valence-corrected chi connectivity index (χ4v) is 2.35. The van der Waals surface area contributed by atoms with Crippen molar-refractivity contribution >= 4 is 16.7 Å². The number of rotatable bonds is 1. The van der Waals surface area contributed by atoms with Gasteiger partial charge >= 0.3 is 0 Å². The van der Waals surface area contributed by atoms with E-state index in [0.29, 0.717) is 5.82 Å². The first-order chi connectivity index (χ1) is 9.13. The lowest BCUT2D eigenvalue weighted by Crippen LogP contribution is -1.94. The Balaban J connectivity index is 2.32. The number of aromatic nitrogens is 2. The van der Waals surface area contributed by atoms with Crippen molar-refractivity contribution < 1.29 is 0 Å². The molecule has 0 atom stereocenters. The Morgan fingerprint density at radius 3 is 2.58 bits per heavy atom. The van der Waals surface area contributed by atoms with Crippen molar-refractivity contribution in [2.45, 2.75) is 13.8 Å². The molecule has 0 fully saturated rings. The Kier molecular flexibility index (Phi) is 2.67. The molecule has 0 aliphatic rings. The van der Waals surface area contributed by atoms with Crippen molar-refractivity contribution in [1.29, 1.82) is 0 Å². The predicted octanol–water partition coefficient (Wildman–Crippen LogP) is 3.50. The van der Waals surface area contributed by atoms with Gasteiger partial charge in [-0.1, -0.05) is 18.2 Å². The van der Waals surface area contributed by atoms with Crippen LogP contribution >= 0.6 is 0 Å². The van der Waals surface area contributed by atoms with Crippen LogP contribution in [-0.2, 0) is 0 Å². The van der Waals surface area contributed by atoms with Gasteiger partial charge in [0.25, 0.3) is 0 Å². The second-order valence-corrected chi connectivity index (χ2v) is 4.78. The van der Waals surface area contributed by atoms with E-state index < -0.39 is 0 Å². The van der Waals surface area contributed by atoms with E-state index in [9.17, 15) is 0 Å². The minimum Gasteiger partial charge on any atom is -0.384 e. The Labute approximate surface area is 112 Å². The molecule has 0 bridgehead atoms. The Bertz CT molecular complexity index is 743. The number of nitrogens with zero attached hydrogens (tertiary/aromatic N) is 2. The second-order valence-electron chi connectivity index (χ2n) is 4.78. The molecule has 94 valence electrons. The number of fused-ring (bicyclic) bond motifs is 1. The van der Waals surface area contributed by atoms with E-state index >= 15 is 0 Å². The van der Waals surface area contributed by atoms with Gasteiger partial charge in [0, 0.05) is 16.6 Å². The molecule has 0 saturated heterocycles. The van der Waals surface area contributed by atoms with Crippen molar-refractivity contribution in [1.82, 2.24) is 9.97 Å². The van der Waals surface area contributed by atoms with E-state index in [1.807, 2.05) is 37.3 Å². The number of para-hydroxylation sites is 1. The van der Waals surface area contributed by atoms with Crippen molar-refractivity contribution in [3.8, 4) is 11.3 Å². The molecule has 1 aromatic carbocycles. The SMILES string of the molecule is Cc1cc(C)nc(-c2cccc3ccc(N)nc23)c1. The van der Waals surface area contributed by atoms with E-state index in [0.717, 1.165) is 27.9 Å². The molecule has 2 aromatic heterocycles. The van der Waals surface area contributed by atoms with Crippen molar-refractivity contribution in [2.24, 2.45) is 0 Å². The topological polar surface area (TPSA) is 51.8 Å². The van der Waals surface area contributed by atoms with E-state index in [1.54, 1.807) is 0 Å². The quantitative estimate of drug-likeness (QED) is 0.718. The molecule has 19 heavy (non-hydrogen) atoms. The maximum atomic E-state index is 5.80. The predicted molar refractivity (Wildman–Crippen MR) is 78.9 cm³/mol. The highest BCUT2D eigenvalue weighted by molar-refractivity contribution is 5.93. The summed E-state index contributed by atoms with van der Waals surface area (Å²) in [6.45, 7) is 4.08. The standard InChI is InChI=1S/C16H15N3/c1-10-8-11(2)18-14(9-10)13-5-3-4-12-6-7-15(17)19-16(12)13/h3-9H,1-2H3,(H2,17,19). The molecule has 0 unspecified atom stereocenters. The number of aryl methyl sites for hydroxylation is 2. The van der Waals surface area contributed by atoms with Crippen LogP contribution in [0, 0.1) is 13.8 Å². The highest BCUT2D eigenvalue weighted by Gasteiger charge is 2.07. The van der Waals surface area contributed by atoms with Gasteiger partial charge in [-0.05, 0) is 43.7 Å². The van der Waals surface area contributed by atoms with Crippen LogP contribution in [0.4, 0.5) is 5.82 Å². The van der Waals surface area contributed by atoms with Crippen molar-refractivity contribution in [3.05, 3.63) is 53.7 Å². The molecule has 0 aliphatic carbocycles. The number of hydrogen-bond acceptors (Lipinski definition) is 3. The molecule has 3 nitrogen and oxygen atoms in total. The first-order valence-electron chi connectivity index (χ1n) is 6.24. The van der Waals surface area contributed by atoms with Crippen LogP contribution in [0.3, 0.4) is 0 Å². The van der Waals surface area contributed by atoms with Gasteiger partial charge in [-0.15, -0.1) is 0 Å². The number of hydrogen-bond donors (Lipinski definition) is 1. The number of nitrogens with two attached hydrogens (primary N) is 1. The first-order valence-corrected chi connectivity index (χ1v) is 6.24. The van der Waals surface area contributed by atoms with Crippen LogP contribution in [0.25, 0.3) is 22.2 Å². The third-order valence-electron chi connectivity index (χ3n) is 3.12. The van der Waals surface area contributed by atoms with Crippen LogP contribution in [0.2, 0.25) is 0 Å². The number of pyridine rings is 2. The van der Waals surface area contributed by atoms with E-state index in [4.69, 9.17) is 5.73 Å². The lowest BCUT2D eigenvalue weighted by Gasteiger charge is -2.08. The molecule has 0 amide bonds. The van der Waals surface area contributed by atoms with Gasteiger partial charge in [0.1, 0.15) is 5.82 Å². The summed E-state index contributed by atoms with van der Waals surface area (Å²) in [6, 6.07) is 14.0. The molecule has 2 heterocycles. The highest BCUT2D eigenvalue weighted by atomic mass is 14.8. The van der Waals surface area contributed by atoms with Gasteiger partial charge < -0.3 is 5.73 Å². The lowest BCUT2D eigenvalue weighted by atomic mass is 10.0. The molecule has 3 rings (SSSR count). The van der Waals surface area contributed by atoms with Gasteiger partial charge in [-0.25, -0.2) is 4.98 Å². The van der Waals surface area contributed by atoms with Gasteiger partial charge in [-0.3, -0.25) is 4.98 Å². The Morgan fingerprint density at radius 1 is 0.947 bits per heavy atom. The summed E-state index contributed by atoms with van der Waals surface area (Å²) in [5.41, 5.74) is 10.9. The van der Waals surface area contributed by atoms with Crippen molar-refractivity contribution in [3.63, 3.8) is 0 Å². The summed E-state index contributed by atoms with van der Waals surface area (Å²) in [7, 11) is 0. The summed E-state index contributed by atoms with van der Waals surface area (Å²) in [6.07, 6.45) is 0. The molecular weight excluding hydrogens is 234 g/mol. The zero-order valence-corrected chi connectivity index (χ0v) is 11.0. The normalized spacial score (nSPS) is 10.8. The van der Waals surface area contributed by atoms with E-state index in [-0.39, 0.29) is 0 Å². The van der Waals surface area contributed by atoms with Gasteiger partial charge in [-0.2, -0.15) is 0 Å². The highest BCUT2D eigenvalue weighted by Crippen LogP contribution is 2.27. The minimum atomic E-state index is 0.532. The fraction of sp³-hybridized carbons (Fsp3) is 0.125. The molecule has 0 radical (unpaired) electrons. The average Bonchev–Trinajstić information content (AvgIpc) is 2.36. The summed E-state index contributed by atoms with van der Waals surface area (Å²) in [5, 5.41) is 1.08. The van der Waals surface area contributed by atoms with E-state index in [2.05, 4.69) is 29.0 Å². The Morgan fingerprint density at radius 2 is 1.79 bits per heavy atom. The van der Waals surface area contributed by atoms with Crippen molar-refractivity contribution in [2.75, 3.05) is 5.73 Å². The molecule has 3 heteroatoms. The van der Waals surface area contributed by atoms with Gasteiger partial charge in [0.2, 0.25) is 0 Å². The maximum Gasteiger partial charge on any atom is 0.124 e. The lowest BCUT2D eigenvalue weighted by molar-refractivity contribution is 1.18. The maximum absolute atomic E-state index is 5.80. The summed E-state index contributed by atoms with van der Waals surface area (Å²) < 4.78 is 0. The Hall–Kier alpha value is -2.42. The first kappa shape index (κ1) is 11.7. The molecule has 3 aromatic rings. The minimum absolute atomic E-state index is 0.532. The third-order valence-corrected chi connectivity index (χ3v) is 3.12. The largest absolute Gasteiger partial charge is 0.384 e. The molecular formula is C16H15N3. The van der Waals surface area contributed by atoms with Crippen LogP contribution in [-0.4, -0.2) is 9.97 Å². The monoisotopic (exact) mass is 249 g/mol. The van der Waals surface area contributed by atoms with Crippen LogP contribution in [0.1, 0.15) is 11.3 Å². The number of anilines is 1. The van der Waals surface area contributed by atoms with Crippen LogP contribution < -0.4 is 5.73 Å². The molecule has 0 aliphatic heterocycles. The average molecular weight is 249 g/mol. The zero-order valence-electron chi connectivity index (χ0n) is 11.0. The fourth-order valence-electron chi connectivity index (χ4n) is 2.35. The zero-order chi connectivity index (χ0) is 13.4. The second kappa shape index (κ2) is 4.35. The number of nitrogen functional groups attached to an aromatic ring is 1. The summed E-state index contributed by atoms with van der Waals surface area (Å²) in [5.74, 6) is 0.532. The van der Waals surface area contributed by atoms with Crippen LogP contribution in [0.5, 0.6) is 0 Å². The summed E-state index contributed by atoms with van der Waals surface area (Å²) >= 11 is 0.